The monoisotopic (exact) mass is 387 g/mol. The lowest BCUT2D eigenvalue weighted by Crippen LogP contribution is -2.44. The molecule has 1 aliphatic rings. The molecule has 3 aromatic rings. The summed E-state index contributed by atoms with van der Waals surface area (Å²) in [6, 6.07) is 0. The SMILES string of the molecule is COCc1noc(CC2CN(c3nc(C(C)C)nc4c3cnn4C)CCO2)n1. The van der Waals surface area contributed by atoms with Crippen LogP contribution in [0.2, 0.25) is 0 Å². The summed E-state index contributed by atoms with van der Waals surface area (Å²) in [5, 5.41) is 9.23. The zero-order valence-electron chi connectivity index (χ0n) is 16.6. The number of aromatic nitrogens is 6. The zero-order valence-corrected chi connectivity index (χ0v) is 16.6. The van der Waals surface area contributed by atoms with Crippen molar-refractivity contribution in [3.05, 3.63) is 23.7 Å². The molecule has 1 aliphatic heterocycles. The van der Waals surface area contributed by atoms with Crippen LogP contribution < -0.4 is 4.90 Å². The molecule has 0 amide bonds. The van der Waals surface area contributed by atoms with Gasteiger partial charge < -0.3 is 18.9 Å². The average molecular weight is 387 g/mol. The second-order valence-corrected chi connectivity index (χ2v) is 7.25. The molecule has 150 valence electrons. The van der Waals surface area contributed by atoms with Gasteiger partial charge in [-0.15, -0.1) is 0 Å². The number of fused-ring (bicyclic) bond motifs is 1. The highest BCUT2D eigenvalue weighted by Gasteiger charge is 2.26. The molecule has 0 bridgehead atoms. The number of morpholine rings is 1. The fourth-order valence-electron chi connectivity index (χ4n) is 3.31. The van der Waals surface area contributed by atoms with E-state index in [1.807, 2.05) is 13.2 Å². The maximum absolute atomic E-state index is 5.93. The Kier molecular flexibility index (Phi) is 5.23. The second kappa shape index (κ2) is 7.80. The number of hydrogen-bond acceptors (Lipinski definition) is 9. The van der Waals surface area contributed by atoms with Crippen LogP contribution in [0.4, 0.5) is 5.82 Å². The van der Waals surface area contributed by atoms with Crippen LogP contribution in [0.5, 0.6) is 0 Å². The Balaban J connectivity index is 1.57. The summed E-state index contributed by atoms with van der Waals surface area (Å²) in [4.78, 5) is 16.1. The van der Waals surface area contributed by atoms with E-state index in [4.69, 9.17) is 19.0 Å². The van der Waals surface area contributed by atoms with Crippen LogP contribution in [0.25, 0.3) is 11.0 Å². The summed E-state index contributed by atoms with van der Waals surface area (Å²) in [7, 11) is 3.50. The van der Waals surface area contributed by atoms with Crippen molar-refractivity contribution in [2.75, 3.05) is 31.7 Å². The van der Waals surface area contributed by atoms with Gasteiger partial charge in [0.1, 0.15) is 18.2 Å². The zero-order chi connectivity index (χ0) is 19.7. The third-order valence-corrected chi connectivity index (χ3v) is 4.73. The Morgan fingerprint density at radius 3 is 2.93 bits per heavy atom. The van der Waals surface area contributed by atoms with Gasteiger partial charge in [-0.2, -0.15) is 10.1 Å². The van der Waals surface area contributed by atoms with Crippen molar-refractivity contribution in [3.63, 3.8) is 0 Å². The highest BCUT2D eigenvalue weighted by molar-refractivity contribution is 5.87. The van der Waals surface area contributed by atoms with Gasteiger partial charge in [-0.3, -0.25) is 4.68 Å². The molecule has 4 heterocycles. The third-order valence-electron chi connectivity index (χ3n) is 4.73. The smallest absolute Gasteiger partial charge is 0.229 e. The van der Waals surface area contributed by atoms with Gasteiger partial charge in [0, 0.05) is 33.2 Å². The van der Waals surface area contributed by atoms with Gasteiger partial charge in [0.05, 0.1) is 30.7 Å². The molecule has 0 aliphatic carbocycles. The fraction of sp³-hybridized carbons (Fsp3) is 0.611. The van der Waals surface area contributed by atoms with Crippen LogP contribution in [0.15, 0.2) is 10.7 Å². The van der Waals surface area contributed by atoms with Gasteiger partial charge in [-0.05, 0) is 0 Å². The van der Waals surface area contributed by atoms with Gasteiger partial charge in [-0.1, -0.05) is 19.0 Å². The summed E-state index contributed by atoms with van der Waals surface area (Å²) < 4.78 is 18.1. The molecule has 1 fully saturated rings. The van der Waals surface area contributed by atoms with Gasteiger partial charge in [0.25, 0.3) is 0 Å². The van der Waals surface area contributed by atoms with Gasteiger partial charge in [-0.25, -0.2) is 9.97 Å². The van der Waals surface area contributed by atoms with E-state index in [-0.39, 0.29) is 12.0 Å². The molecule has 1 atom stereocenters. The molecular formula is C18H25N7O3. The summed E-state index contributed by atoms with van der Waals surface area (Å²) in [5.41, 5.74) is 0.845. The number of ether oxygens (including phenoxy) is 2. The standard InChI is InChI=1S/C18H25N7O3/c1-11(2)16-21-17-13(8-19-24(17)3)18(22-16)25-5-6-27-12(9-25)7-15-20-14(10-26-4)23-28-15/h8,11-12H,5-7,9-10H2,1-4H3. The van der Waals surface area contributed by atoms with E-state index in [1.54, 1.807) is 11.8 Å². The van der Waals surface area contributed by atoms with E-state index in [2.05, 4.69) is 39.0 Å². The van der Waals surface area contributed by atoms with Crippen molar-refractivity contribution in [1.82, 2.24) is 29.9 Å². The molecule has 1 unspecified atom stereocenters. The summed E-state index contributed by atoms with van der Waals surface area (Å²) in [6.45, 7) is 6.56. The molecule has 0 N–H and O–H groups in total. The first-order valence-electron chi connectivity index (χ1n) is 9.41. The predicted molar refractivity (Wildman–Crippen MR) is 101 cm³/mol. The molecule has 4 rings (SSSR count). The molecule has 10 nitrogen and oxygen atoms in total. The number of methoxy groups -OCH3 is 1. The molecule has 1 saturated heterocycles. The maximum atomic E-state index is 5.93. The summed E-state index contributed by atoms with van der Waals surface area (Å²) in [6.07, 6.45) is 2.31. The lowest BCUT2D eigenvalue weighted by Gasteiger charge is -2.33. The number of rotatable bonds is 6. The Bertz CT molecular complexity index is 952. The third kappa shape index (κ3) is 3.69. The fourth-order valence-corrected chi connectivity index (χ4v) is 3.31. The van der Waals surface area contributed by atoms with Crippen LogP contribution in [0.3, 0.4) is 0 Å². The Morgan fingerprint density at radius 2 is 2.14 bits per heavy atom. The Hall–Kier alpha value is -2.59. The lowest BCUT2D eigenvalue weighted by atomic mass is 10.2. The molecule has 0 spiro atoms. The molecule has 0 saturated carbocycles. The Labute approximate surface area is 162 Å². The number of nitrogens with zero attached hydrogens (tertiary/aromatic N) is 7. The average Bonchev–Trinajstić information content (AvgIpc) is 3.28. The summed E-state index contributed by atoms with van der Waals surface area (Å²) >= 11 is 0. The van der Waals surface area contributed by atoms with Crippen molar-refractivity contribution in [1.29, 1.82) is 0 Å². The van der Waals surface area contributed by atoms with E-state index in [0.29, 0.717) is 37.9 Å². The largest absolute Gasteiger partial charge is 0.377 e. The van der Waals surface area contributed by atoms with E-state index in [0.717, 1.165) is 29.2 Å². The van der Waals surface area contributed by atoms with Crippen LogP contribution in [0, 0.1) is 0 Å². The topological polar surface area (TPSA) is 104 Å². The quantitative estimate of drug-likeness (QED) is 0.621. The van der Waals surface area contributed by atoms with E-state index in [9.17, 15) is 0 Å². The first kappa shape index (κ1) is 18.8. The van der Waals surface area contributed by atoms with Crippen LogP contribution >= 0.6 is 0 Å². The number of hydrogen-bond donors (Lipinski definition) is 0. The minimum absolute atomic E-state index is 0.0613. The second-order valence-electron chi connectivity index (χ2n) is 7.25. The van der Waals surface area contributed by atoms with Crippen molar-refractivity contribution in [2.45, 2.75) is 38.9 Å². The first-order chi connectivity index (χ1) is 13.5. The minimum atomic E-state index is -0.0613. The van der Waals surface area contributed by atoms with Crippen molar-refractivity contribution in [3.8, 4) is 0 Å². The molecular weight excluding hydrogens is 362 g/mol. The predicted octanol–water partition coefficient (Wildman–Crippen LogP) is 1.46. The normalized spacial score (nSPS) is 17.8. The summed E-state index contributed by atoms with van der Waals surface area (Å²) in [5.74, 6) is 3.04. The number of anilines is 1. The van der Waals surface area contributed by atoms with Crippen LogP contribution in [0.1, 0.15) is 37.3 Å². The molecule has 3 aromatic heterocycles. The van der Waals surface area contributed by atoms with Gasteiger partial charge in [0.2, 0.25) is 5.89 Å². The molecule has 28 heavy (non-hydrogen) atoms. The molecule has 0 aromatic carbocycles. The van der Waals surface area contributed by atoms with E-state index in [1.165, 1.54) is 0 Å². The van der Waals surface area contributed by atoms with E-state index < -0.39 is 0 Å². The molecule has 10 heteroatoms. The highest BCUT2D eigenvalue weighted by Crippen LogP contribution is 2.27. The van der Waals surface area contributed by atoms with Crippen LogP contribution in [-0.4, -0.2) is 62.8 Å². The van der Waals surface area contributed by atoms with Gasteiger partial charge in [0.15, 0.2) is 11.5 Å². The maximum Gasteiger partial charge on any atom is 0.229 e. The van der Waals surface area contributed by atoms with Crippen LogP contribution in [-0.2, 0) is 29.5 Å². The van der Waals surface area contributed by atoms with Crippen molar-refractivity contribution in [2.24, 2.45) is 7.05 Å². The first-order valence-corrected chi connectivity index (χ1v) is 9.41. The van der Waals surface area contributed by atoms with Crippen molar-refractivity contribution >= 4 is 16.9 Å². The Morgan fingerprint density at radius 1 is 1.29 bits per heavy atom. The minimum Gasteiger partial charge on any atom is -0.377 e. The van der Waals surface area contributed by atoms with E-state index >= 15 is 0 Å². The van der Waals surface area contributed by atoms with Gasteiger partial charge >= 0.3 is 0 Å². The highest BCUT2D eigenvalue weighted by atomic mass is 16.5. The lowest BCUT2D eigenvalue weighted by molar-refractivity contribution is 0.0360. The molecule has 0 radical (unpaired) electrons. The van der Waals surface area contributed by atoms with Crippen molar-refractivity contribution < 1.29 is 14.0 Å². The number of aryl methyl sites for hydroxylation is 1.